The largest absolute Gasteiger partial charge is 0.369 e. The number of rotatable bonds is 6. The highest BCUT2D eigenvalue weighted by molar-refractivity contribution is 6.05. The van der Waals surface area contributed by atoms with Gasteiger partial charge < -0.3 is 15.1 Å². The normalized spacial score (nSPS) is 14.5. The summed E-state index contributed by atoms with van der Waals surface area (Å²) in [5.74, 6) is -0.0500. The Balaban J connectivity index is 1.40. The minimum atomic E-state index is -0.0500. The number of piperazine rings is 1. The van der Waals surface area contributed by atoms with E-state index in [0.717, 1.165) is 55.8 Å². The number of nitrogens with zero attached hydrogens (tertiary/aromatic N) is 2. The first kappa shape index (κ1) is 20.2. The molecule has 3 aromatic carbocycles. The summed E-state index contributed by atoms with van der Waals surface area (Å²) in [6, 6.07) is 26.5. The van der Waals surface area contributed by atoms with Crippen LogP contribution in [0.5, 0.6) is 0 Å². The molecule has 4 rings (SSSR count). The van der Waals surface area contributed by atoms with Crippen LogP contribution in [-0.4, -0.2) is 44.0 Å². The maximum absolute atomic E-state index is 12.9. The number of amides is 1. The number of carbonyl (C=O) groups is 1. The summed E-state index contributed by atoms with van der Waals surface area (Å²) >= 11 is 0. The van der Waals surface area contributed by atoms with E-state index in [-0.39, 0.29) is 5.91 Å². The van der Waals surface area contributed by atoms with Gasteiger partial charge in [-0.3, -0.25) is 4.79 Å². The fourth-order valence-electron chi connectivity index (χ4n) is 3.90. The van der Waals surface area contributed by atoms with Crippen molar-refractivity contribution in [1.29, 1.82) is 0 Å². The number of benzene rings is 3. The van der Waals surface area contributed by atoms with Gasteiger partial charge in [0, 0.05) is 43.1 Å². The smallest absolute Gasteiger partial charge is 0.255 e. The van der Waals surface area contributed by atoms with E-state index in [9.17, 15) is 4.79 Å². The van der Waals surface area contributed by atoms with Gasteiger partial charge in [0.05, 0.1) is 0 Å². The fourth-order valence-corrected chi connectivity index (χ4v) is 3.90. The van der Waals surface area contributed by atoms with Crippen molar-refractivity contribution in [2.45, 2.75) is 12.8 Å². The number of carbonyl (C=O) groups excluding carboxylic acids is 1. The molecule has 1 heterocycles. The first-order chi connectivity index (χ1) is 14.7. The van der Waals surface area contributed by atoms with Crippen molar-refractivity contribution in [3.63, 3.8) is 0 Å². The van der Waals surface area contributed by atoms with Gasteiger partial charge in [0.15, 0.2) is 0 Å². The molecule has 1 fully saturated rings. The number of anilines is 2. The van der Waals surface area contributed by atoms with Crippen LogP contribution in [0.4, 0.5) is 11.4 Å². The van der Waals surface area contributed by atoms with Crippen LogP contribution in [-0.2, 0) is 12.8 Å². The predicted octanol–water partition coefficient (Wildman–Crippen LogP) is 4.48. The van der Waals surface area contributed by atoms with E-state index in [1.165, 1.54) is 11.3 Å². The lowest BCUT2D eigenvalue weighted by Crippen LogP contribution is -2.44. The van der Waals surface area contributed by atoms with Crippen LogP contribution in [0, 0.1) is 0 Å². The Labute approximate surface area is 179 Å². The Morgan fingerprint density at radius 3 is 2.20 bits per heavy atom. The summed E-state index contributed by atoms with van der Waals surface area (Å²) in [4.78, 5) is 17.7. The predicted molar refractivity (Wildman–Crippen MR) is 124 cm³/mol. The zero-order valence-corrected chi connectivity index (χ0v) is 17.6. The van der Waals surface area contributed by atoms with Gasteiger partial charge in [-0.2, -0.15) is 0 Å². The molecule has 0 aromatic heterocycles. The Hall–Kier alpha value is -3.11. The number of hydrogen-bond acceptors (Lipinski definition) is 3. The molecule has 0 aliphatic carbocycles. The molecule has 0 unspecified atom stereocenters. The van der Waals surface area contributed by atoms with Gasteiger partial charge in [-0.1, -0.05) is 48.5 Å². The molecular weight excluding hydrogens is 370 g/mol. The third-order valence-corrected chi connectivity index (χ3v) is 5.78. The van der Waals surface area contributed by atoms with E-state index >= 15 is 0 Å². The van der Waals surface area contributed by atoms with E-state index in [1.54, 1.807) is 0 Å². The molecule has 4 nitrogen and oxygen atoms in total. The highest BCUT2D eigenvalue weighted by Gasteiger charge is 2.15. The van der Waals surface area contributed by atoms with Crippen LogP contribution < -0.4 is 10.2 Å². The third kappa shape index (κ3) is 5.08. The zero-order valence-electron chi connectivity index (χ0n) is 17.6. The summed E-state index contributed by atoms with van der Waals surface area (Å²) < 4.78 is 0. The molecule has 1 aliphatic heterocycles. The zero-order chi connectivity index (χ0) is 20.8. The van der Waals surface area contributed by atoms with Gasteiger partial charge in [0.25, 0.3) is 5.91 Å². The monoisotopic (exact) mass is 399 g/mol. The van der Waals surface area contributed by atoms with Gasteiger partial charge >= 0.3 is 0 Å². The number of likely N-dealkylation sites (N-methyl/N-ethyl adjacent to an activating group) is 1. The molecule has 1 N–H and O–H groups in total. The van der Waals surface area contributed by atoms with Crippen molar-refractivity contribution in [2.75, 3.05) is 43.4 Å². The lowest BCUT2D eigenvalue weighted by Gasteiger charge is -2.34. The quantitative estimate of drug-likeness (QED) is 0.664. The van der Waals surface area contributed by atoms with Crippen molar-refractivity contribution < 1.29 is 4.79 Å². The molecule has 0 saturated carbocycles. The van der Waals surface area contributed by atoms with Crippen LogP contribution in [0.1, 0.15) is 21.5 Å². The molecule has 3 aromatic rings. The van der Waals surface area contributed by atoms with Crippen molar-refractivity contribution in [1.82, 2.24) is 4.90 Å². The molecule has 0 spiro atoms. The molecule has 1 aliphatic rings. The second-order valence-corrected chi connectivity index (χ2v) is 7.93. The molecular formula is C26H29N3O. The molecule has 1 saturated heterocycles. The van der Waals surface area contributed by atoms with E-state index < -0.39 is 0 Å². The van der Waals surface area contributed by atoms with Crippen LogP contribution in [0.25, 0.3) is 0 Å². The first-order valence-corrected chi connectivity index (χ1v) is 10.7. The minimum absolute atomic E-state index is 0.0500. The number of aryl methyl sites for hydroxylation is 2. The number of hydrogen-bond donors (Lipinski definition) is 1. The minimum Gasteiger partial charge on any atom is -0.369 e. The summed E-state index contributed by atoms with van der Waals surface area (Å²) in [7, 11) is 2.16. The SMILES string of the molecule is CN1CCN(c2ccc(NC(=O)c3ccccc3CCc3ccccc3)cc2)CC1. The van der Waals surface area contributed by atoms with E-state index in [1.807, 2.05) is 42.5 Å². The molecule has 0 radical (unpaired) electrons. The summed E-state index contributed by atoms with van der Waals surface area (Å²) in [5, 5.41) is 3.07. The number of nitrogens with one attached hydrogen (secondary N) is 1. The van der Waals surface area contributed by atoms with Crippen molar-refractivity contribution in [2.24, 2.45) is 0 Å². The van der Waals surface area contributed by atoms with E-state index in [0.29, 0.717) is 0 Å². The molecule has 1 amide bonds. The van der Waals surface area contributed by atoms with Crippen LogP contribution in [0.3, 0.4) is 0 Å². The highest BCUT2D eigenvalue weighted by Crippen LogP contribution is 2.21. The first-order valence-electron chi connectivity index (χ1n) is 10.7. The fraction of sp³-hybridized carbons (Fsp3) is 0.269. The Bertz CT molecular complexity index is 961. The summed E-state index contributed by atoms with van der Waals surface area (Å²) in [5.41, 5.74) is 5.15. The van der Waals surface area contributed by atoms with Crippen LogP contribution in [0.15, 0.2) is 78.9 Å². The van der Waals surface area contributed by atoms with E-state index in [2.05, 4.69) is 58.6 Å². The van der Waals surface area contributed by atoms with Crippen molar-refractivity contribution >= 4 is 17.3 Å². The second kappa shape index (κ2) is 9.59. The summed E-state index contributed by atoms with van der Waals surface area (Å²) in [6.07, 6.45) is 1.76. The van der Waals surface area contributed by atoms with Gasteiger partial charge in [-0.15, -0.1) is 0 Å². The van der Waals surface area contributed by atoms with E-state index in [4.69, 9.17) is 0 Å². The molecule has 4 heteroatoms. The van der Waals surface area contributed by atoms with Crippen LogP contribution in [0.2, 0.25) is 0 Å². The van der Waals surface area contributed by atoms with Gasteiger partial charge in [-0.25, -0.2) is 0 Å². The average Bonchev–Trinajstić information content (AvgIpc) is 2.80. The van der Waals surface area contributed by atoms with Gasteiger partial charge in [0.2, 0.25) is 0 Å². The Morgan fingerprint density at radius 1 is 0.800 bits per heavy atom. The third-order valence-electron chi connectivity index (χ3n) is 5.78. The van der Waals surface area contributed by atoms with Crippen LogP contribution >= 0.6 is 0 Å². The average molecular weight is 400 g/mol. The molecule has 30 heavy (non-hydrogen) atoms. The van der Waals surface area contributed by atoms with Gasteiger partial charge in [0.1, 0.15) is 0 Å². The Kier molecular flexibility index (Phi) is 6.45. The summed E-state index contributed by atoms with van der Waals surface area (Å²) in [6.45, 7) is 4.24. The van der Waals surface area contributed by atoms with Crippen molar-refractivity contribution in [3.05, 3.63) is 95.6 Å². The van der Waals surface area contributed by atoms with Gasteiger partial charge in [-0.05, 0) is 61.3 Å². The molecule has 0 bridgehead atoms. The molecule has 0 atom stereocenters. The molecule has 154 valence electrons. The van der Waals surface area contributed by atoms with Crippen molar-refractivity contribution in [3.8, 4) is 0 Å². The lowest BCUT2D eigenvalue weighted by atomic mass is 9.99. The maximum atomic E-state index is 12.9. The lowest BCUT2D eigenvalue weighted by molar-refractivity contribution is 0.102. The topological polar surface area (TPSA) is 35.6 Å². The Morgan fingerprint density at radius 2 is 1.47 bits per heavy atom. The standard InChI is InChI=1S/C26H29N3O/c1-28-17-19-29(20-18-28)24-15-13-23(14-16-24)27-26(30)25-10-6-5-9-22(25)12-11-21-7-3-2-4-8-21/h2-10,13-16H,11-12,17-20H2,1H3,(H,27,30). The second-order valence-electron chi connectivity index (χ2n) is 7.93. The highest BCUT2D eigenvalue weighted by atomic mass is 16.1. The maximum Gasteiger partial charge on any atom is 0.255 e.